The van der Waals surface area contributed by atoms with E-state index in [0.29, 0.717) is 44.7 Å². The van der Waals surface area contributed by atoms with Gasteiger partial charge in [-0.3, -0.25) is 9.36 Å². The van der Waals surface area contributed by atoms with Gasteiger partial charge < -0.3 is 9.47 Å². The Kier molecular flexibility index (Phi) is 6.79. The van der Waals surface area contributed by atoms with Crippen molar-refractivity contribution >= 4 is 39.3 Å². The molecule has 31 heavy (non-hydrogen) atoms. The molecule has 0 bridgehead atoms. The van der Waals surface area contributed by atoms with E-state index in [4.69, 9.17) is 14.5 Å². The minimum absolute atomic E-state index is 0.0131. The fourth-order valence-corrected chi connectivity index (χ4v) is 5.77. The lowest BCUT2D eigenvalue weighted by Crippen LogP contribution is -2.28. The Labute approximate surface area is 189 Å². The third-order valence-corrected chi connectivity index (χ3v) is 7.59. The molecule has 8 heteroatoms. The van der Waals surface area contributed by atoms with Gasteiger partial charge in [0.2, 0.25) is 0 Å². The van der Waals surface area contributed by atoms with Gasteiger partial charge in [0.05, 0.1) is 24.6 Å². The van der Waals surface area contributed by atoms with Gasteiger partial charge >= 0.3 is 5.97 Å². The first-order valence-electron chi connectivity index (χ1n) is 10.5. The molecule has 0 saturated carbocycles. The Morgan fingerprint density at radius 1 is 1.32 bits per heavy atom. The summed E-state index contributed by atoms with van der Waals surface area (Å²) in [6, 6.07) is 8.36. The number of rotatable bonds is 7. The van der Waals surface area contributed by atoms with Gasteiger partial charge in [0.15, 0.2) is 5.16 Å². The number of benzene rings is 1. The number of carbonyl (C=O) groups excluding carboxylic acids is 1. The van der Waals surface area contributed by atoms with Gasteiger partial charge in [0.25, 0.3) is 5.56 Å². The highest BCUT2D eigenvalue weighted by Gasteiger charge is 2.25. The van der Waals surface area contributed by atoms with Crippen LogP contribution in [-0.4, -0.2) is 34.8 Å². The van der Waals surface area contributed by atoms with E-state index in [2.05, 4.69) is 31.2 Å². The zero-order chi connectivity index (χ0) is 22.0. The van der Waals surface area contributed by atoms with Gasteiger partial charge in [-0.25, -0.2) is 9.78 Å². The zero-order valence-electron chi connectivity index (χ0n) is 18.0. The van der Waals surface area contributed by atoms with Crippen molar-refractivity contribution < 1.29 is 14.3 Å². The van der Waals surface area contributed by atoms with E-state index in [9.17, 15) is 9.59 Å². The molecule has 3 heterocycles. The largest absolute Gasteiger partial charge is 0.462 e. The molecule has 1 fully saturated rings. The van der Waals surface area contributed by atoms with Crippen LogP contribution in [0.25, 0.3) is 10.2 Å². The van der Waals surface area contributed by atoms with Crippen molar-refractivity contribution in [3.05, 3.63) is 56.2 Å². The summed E-state index contributed by atoms with van der Waals surface area (Å²) in [6.45, 7) is 7.12. The maximum atomic E-state index is 13.5. The summed E-state index contributed by atoms with van der Waals surface area (Å²) in [7, 11) is 0. The first kappa shape index (κ1) is 22.0. The number of fused-ring (bicyclic) bond motifs is 1. The van der Waals surface area contributed by atoms with Crippen molar-refractivity contribution in [1.82, 2.24) is 9.55 Å². The van der Waals surface area contributed by atoms with E-state index >= 15 is 0 Å². The Balaban J connectivity index is 1.74. The highest BCUT2D eigenvalue weighted by molar-refractivity contribution is 7.98. The monoisotopic (exact) mass is 458 g/mol. The molecule has 2 aromatic heterocycles. The van der Waals surface area contributed by atoms with Gasteiger partial charge in [0.1, 0.15) is 9.71 Å². The lowest BCUT2D eigenvalue weighted by molar-refractivity contribution is 0.0531. The minimum Gasteiger partial charge on any atom is -0.462 e. The van der Waals surface area contributed by atoms with Crippen LogP contribution in [0.3, 0.4) is 0 Å². The predicted octanol–water partition coefficient (Wildman–Crippen LogP) is 4.72. The molecule has 1 unspecified atom stereocenters. The van der Waals surface area contributed by atoms with E-state index in [1.807, 2.05) is 0 Å². The average molecular weight is 459 g/mol. The smallest absolute Gasteiger partial charge is 0.348 e. The lowest BCUT2D eigenvalue weighted by Gasteiger charge is -2.16. The highest BCUT2D eigenvalue weighted by Crippen LogP contribution is 2.31. The Morgan fingerprint density at radius 2 is 2.10 bits per heavy atom. The molecule has 0 N–H and O–H groups in total. The van der Waals surface area contributed by atoms with Crippen molar-refractivity contribution in [3.63, 3.8) is 0 Å². The Bertz CT molecular complexity index is 1150. The predicted molar refractivity (Wildman–Crippen MR) is 124 cm³/mol. The van der Waals surface area contributed by atoms with Crippen LogP contribution in [0.4, 0.5) is 0 Å². The molecule has 1 aliphatic rings. The van der Waals surface area contributed by atoms with Crippen LogP contribution < -0.4 is 5.56 Å². The van der Waals surface area contributed by atoms with Crippen molar-refractivity contribution in [2.45, 2.75) is 57.2 Å². The maximum absolute atomic E-state index is 13.5. The van der Waals surface area contributed by atoms with Crippen molar-refractivity contribution in [1.29, 1.82) is 0 Å². The normalized spacial score (nSPS) is 16.2. The number of aryl methyl sites for hydroxylation is 2. The van der Waals surface area contributed by atoms with Crippen LogP contribution in [0.1, 0.15) is 46.1 Å². The first-order chi connectivity index (χ1) is 15.0. The SMILES string of the molecule is CCOC(=O)c1sc2nc(SCc3ccc(C)cc3)n(CC3CCCO3)c(=O)c2c1C. The zero-order valence-corrected chi connectivity index (χ0v) is 19.6. The van der Waals surface area contributed by atoms with Crippen LogP contribution in [0, 0.1) is 13.8 Å². The second-order valence-corrected chi connectivity index (χ2v) is 9.62. The van der Waals surface area contributed by atoms with Gasteiger partial charge in [-0.1, -0.05) is 41.6 Å². The molecule has 0 radical (unpaired) electrons. The summed E-state index contributed by atoms with van der Waals surface area (Å²) in [4.78, 5) is 31.7. The minimum atomic E-state index is -0.401. The van der Waals surface area contributed by atoms with Gasteiger partial charge in [0, 0.05) is 12.4 Å². The maximum Gasteiger partial charge on any atom is 0.348 e. The van der Waals surface area contributed by atoms with E-state index in [-0.39, 0.29) is 11.7 Å². The first-order valence-corrected chi connectivity index (χ1v) is 12.3. The molecule has 4 rings (SSSR count). The van der Waals surface area contributed by atoms with Crippen LogP contribution in [-0.2, 0) is 21.8 Å². The average Bonchev–Trinajstić information content (AvgIpc) is 3.38. The summed E-state index contributed by atoms with van der Waals surface area (Å²) >= 11 is 2.77. The fraction of sp³-hybridized carbons (Fsp3) is 0.435. The molecule has 1 aromatic carbocycles. The molecule has 0 spiro atoms. The second kappa shape index (κ2) is 9.54. The molecular weight excluding hydrogens is 432 g/mol. The number of aromatic nitrogens is 2. The number of ether oxygens (including phenoxy) is 2. The van der Waals surface area contributed by atoms with Gasteiger partial charge in [-0.15, -0.1) is 11.3 Å². The van der Waals surface area contributed by atoms with E-state index in [1.165, 1.54) is 34.2 Å². The van der Waals surface area contributed by atoms with Crippen molar-refractivity contribution in [2.24, 2.45) is 0 Å². The topological polar surface area (TPSA) is 70.4 Å². The molecule has 1 saturated heterocycles. The number of hydrogen-bond acceptors (Lipinski definition) is 7. The van der Waals surface area contributed by atoms with Gasteiger partial charge in [-0.2, -0.15) is 0 Å². The lowest BCUT2D eigenvalue weighted by atomic mass is 10.2. The summed E-state index contributed by atoms with van der Waals surface area (Å²) in [5.74, 6) is 0.306. The van der Waals surface area contributed by atoms with E-state index in [0.717, 1.165) is 19.4 Å². The third-order valence-electron chi connectivity index (χ3n) is 5.37. The number of esters is 1. The van der Waals surface area contributed by atoms with Gasteiger partial charge in [-0.05, 0) is 44.7 Å². The fourth-order valence-electron chi connectivity index (χ4n) is 3.68. The summed E-state index contributed by atoms with van der Waals surface area (Å²) < 4.78 is 12.7. The van der Waals surface area contributed by atoms with Crippen LogP contribution >= 0.6 is 23.1 Å². The molecule has 1 aliphatic heterocycles. The van der Waals surface area contributed by atoms with Crippen LogP contribution in [0.2, 0.25) is 0 Å². The number of nitrogens with zero attached hydrogens (tertiary/aromatic N) is 2. The Morgan fingerprint density at radius 3 is 2.77 bits per heavy atom. The molecule has 3 aromatic rings. The third kappa shape index (κ3) is 4.71. The summed E-state index contributed by atoms with van der Waals surface area (Å²) in [6.07, 6.45) is 1.95. The number of thioether (sulfide) groups is 1. The Hall–Kier alpha value is -2.16. The van der Waals surface area contributed by atoms with E-state index in [1.54, 1.807) is 18.4 Å². The standard InChI is InChI=1S/C23H26N2O4S2/c1-4-28-22(27)19-15(3)18-20(31-19)24-23(30-13-16-9-7-14(2)8-10-16)25(21(18)26)12-17-6-5-11-29-17/h7-10,17H,4-6,11-13H2,1-3H3. The molecule has 6 nitrogen and oxygen atoms in total. The number of carbonyl (C=O) groups is 1. The van der Waals surface area contributed by atoms with Crippen molar-refractivity contribution in [3.8, 4) is 0 Å². The second-order valence-electron chi connectivity index (χ2n) is 7.68. The van der Waals surface area contributed by atoms with Crippen LogP contribution in [0.15, 0.2) is 34.2 Å². The van der Waals surface area contributed by atoms with Crippen molar-refractivity contribution in [2.75, 3.05) is 13.2 Å². The molecular formula is C23H26N2O4S2. The number of hydrogen-bond donors (Lipinski definition) is 0. The quantitative estimate of drug-likeness (QED) is 0.290. The van der Waals surface area contributed by atoms with Crippen LogP contribution in [0.5, 0.6) is 0 Å². The highest BCUT2D eigenvalue weighted by atomic mass is 32.2. The molecule has 0 aliphatic carbocycles. The molecule has 164 valence electrons. The molecule has 1 atom stereocenters. The number of thiophene rings is 1. The summed E-state index contributed by atoms with van der Waals surface area (Å²) in [5.41, 5.74) is 2.91. The summed E-state index contributed by atoms with van der Waals surface area (Å²) in [5, 5.41) is 1.16. The van der Waals surface area contributed by atoms with E-state index < -0.39 is 5.97 Å². The molecule has 0 amide bonds.